The van der Waals surface area contributed by atoms with Crippen LogP contribution in [0.2, 0.25) is 0 Å². The van der Waals surface area contributed by atoms with Crippen molar-refractivity contribution in [3.8, 4) is 0 Å². The largest absolute Gasteiger partial charge is 0.375 e. The summed E-state index contributed by atoms with van der Waals surface area (Å²) >= 11 is 3.16. The number of hydrogen-bond acceptors (Lipinski definition) is 3. The molecule has 1 heterocycles. The van der Waals surface area contributed by atoms with Crippen molar-refractivity contribution in [2.24, 2.45) is 0 Å². The summed E-state index contributed by atoms with van der Waals surface area (Å²) in [6.07, 6.45) is 0.0833. The summed E-state index contributed by atoms with van der Waals surface area (Å²) < 4.78 is 19.5. The molecule has 1 aliphatic heterocycles. The van der Waals surface area contributed by atoms with Gasteiger partial charge in [0.25, 0.3) is 0 Å². The van der Waals surface area contributed by atoms with Crippen LogP contribution >= 0.6 is 28.3 Å². The molecule has 1 atom stereocenters. The van der Waals surface area contributed by atoms with Crippen LogP contribution in [0.3, 0.4) is 0 Å². The first-order valence-corrected chi connectivity index (χ1v) is 6.51. The molecule has 1 unspecified atom stereocenters. The van der Waals surface area contributed by atoms with Gasteiger partial charge in [-0.2, -0.15) is 0 Å². The lowest BCUT2D eigenvalue weighted by atomic mass is 10.2. The second-order valence-electron chi connectivity index (χ2n) is 4.07. The number of morpholine rings is 1. The minimum absolute atomic E-state index is 0. The normalized spacial score (nSPS) is 18.5. The summed E-state index contributed by atoms with van der Waals surface area (Å²) in [6, 6.07) is 4.52. The van der Waals surface area contributed by atoms with E-state index >= 15 is 0 Å². The summed E-state index contributed by atoms with van der Waals surface area (Å²) in [7, 11) is 0. The highest BCUT2D eigenvalue weighted by atomic mass is 79.9. The molecule has 1 aliphatic rings. The molecule has 2 N–H and O–H groups in total. The van der Waals surface area contributed by atoms with Crippen LogP contribution in [0, 0.1) is 5.82 Å². The van der Waals surface area contributed by atoms with Gasteiger partial charge in [0.1, 0.15) is 5.82 Å². The molecule has 7 heteroatoms. The Morgan fingerprint density at radius 3 is 3.00 bits per heavy atom. The fourth-order valence-corrected chi connectivity index (χ4v) is 2.08. The van der Waals surface area contributed by atoms with Crippen LogP contribution in [0.4, 0.5) is 10.1 Å². The van der Waals surface area contributed by atoms with Crippen LogP contribution in [-0.2, 0) is 9.53 Å². The van der Waals surface area contributed by atoms with Crippen molar-refractivity contribution < 1.29 is 13.9 Å². The molecule has 0 aliphatic carbocycles. The van der Waals surface area contributed by atoms with E-state index in [-0.39, 0.29) is 36.5 Å². The van der Waals surface area contributed by atoms with E-state index in [2.05, 4.69) is 26.6 Å². The van der Waals surface area contributed by atoms with Crippen molar-refractivity contribution >= 4 is 39.9 Å². The Morgan fingerprint density at radius 1 is 1.58 bits per heavy atom. The summed E-state index contributed by atoms with van der Waals surface area (Å²) in [5, 5.41) is 5.68. The molecule has 0 bridgehead atoms. The Bertz CT molecular complexity index is 442. The molecular formula is C12H15BrClFN2O2. The predicted molar refractivity (Wildman–Crippen MR) is 77.2 cm³/mol. The maximum Gasteiger partial charge on any atom is 0.227 e. The third-order valence-corrected chi connectivity index (χ3v) is 3.12. The fraction of sp³-hybridized carbons (Fsp3) is 0.417. The zero-order valence-electron chi connectivity index (χ0n) is 10.1. The van der Waals surface area contributed by atoms with Crippen molar-refractivity contribution in [2.45, 2.75) is 12.5 Å². The molecule has 0 radical (unpaired) electrons. The zero-order chi connectivity index (χ0) is 13.0. The van der Waals surface area contributed by atoms with Crippen molar-refractivity contribution in [3.63, 3.8) is 0 Å². The monoisotopic (exact) mass is 352 g/mol. The van der Waals surface area contributed by atoms with E-state index < -0.39 is 5.82 Å². The van der Waals surface area contributed by atoms with Crippen molar-refractivity contribution in [1.82, 2.24) is 5.32 Å². The Labute approximate surface area is 125 Å². The first kappa shape index (κ1) is 16.4. The summed E-state index contributed by atoms with van der Waals surface area (Å²) in [6.45, 7) is 2.06. The number of ether oxygens (including phenoxy) is 1. The molecule has 0 saturated carbocycles. The van der Waals surface area contributed by atoms with Gasteiger partial charge < -0.3 is 15.4 Å². The highest BCUT2D eigenvalue weighted by Crippen LogP contribution is 2.19. The Morgan fingerprint density at radius 2 is 2.37 bits per heavy atom. The van der Waals surface area contributed by atoms with E-state index in [4.69, 9.17) is 4.74 Å². The summed E-state index contributed by atoms with van der Waals surface area (Å²) in [4.78, 5) is 11.7. The van der Waals surface area contributed by atoms with Gasteiger partial charge in [0, 0.05) is 17.6 Å². The van der Waals surface area contributed by atoms with Gasteiger partial charge in [-0.25, -0.2) is 4.39 Å². The molecule has 1 amide bonds. The average Bonchev–Trinajstić information content (AvgIpc) is 2.34. The number of benzene rings is 1. The lowest BCUT2D eigenvalue weighted by molar-refractivity contribution is -0.119. The van der Waals surface area contributed by atoms with Crippen LogP contribution < -0.4 is 10.6 Å². The van der Waals surface area contributed by atoms with Crippen LogP contribution in [0.25, 0.3) is 0 Å². The number of nitrogens with one attached hydrogen (secondary N) is 2. The first-order chi connectivity index (χ1) is 8.65. The molecule has 0 aromatic heterocycles. The van der Waals surface area contributed by atoms with Crippen LogP contribution in [0.15, 0.2) is 22.7 Å². The average molecular weight is 354 g/mol. The van der Waals surface area contributed by atoms with E-state index in [9.17, 15) is 9.18 Å². The molecule has 1 fully saturated rings. The van der Waals surface area contributed by atoms with Gasteiger partial charge in [-0.3, -0.25) is 4.79 Å². The Balaban J connectivity index is 0.00000180. The third kappa shape index (κ3) is 5.06. The second kappa shape index (κ2) is 7.79. The minimum atomic E-state index is -0.458. The predicted octanol–water partition coefficient (Wildman–Crippen LogP) is 2.33. The molecule has 0 spiro atoms. The quantitative estimate of drug-likeness (QED) is 0.877. The van der Waals surface area contributed by atoms with Crippen LogP contribution in [0.5, 0.6) is 0 Å². The number of carbonyl (C=O) groups is 1. The molecular weight excluding hydrogens is 338 g/mol. The van der Waals surface area contributed by atoms with Crippen molar-refractivity contribution in [2.75, 3.05) is 25.0 Å². The van der Waals surface area contributed by atoms with E-state index in [1.807, 2.05) is 0 Å². The van der Waals surface area contributed by atoms with E-state index in [1.54, 1.807) is 6.07 Å². The van der Waals surface area contributed by atoms with E-state index in [1.165, 1.54) is 12.1 Å². The molecule has 1 saturated heterocycles. The van der Waals surface area contributed by atoms with Gasteiger partial charge in [0.2, 0.25) is 5.91 Å². The minimum Gasteiger partial charge on any atom is -0.375 e. The molecule has 106 valence electrons. The fourth-order valence-electron chi connectivity index (χ4n) is 1.75. The third-order valence-electron chi connectivity index (χ3n) is 2.62. The molecule has 1 aromatic rings. The SMILES string of the molecule is Cl.O=C(CC1CNCCO1)Nc1ccc(Br)cc1F. The Hall–Kier alpha value is -0.690. The van der Waals surface area contributed by atoms with Crippen molar-refractivity contribution in [3.05, 3.63) is 28.5 Å². The summed E-state index contributed by atoms with van der Waals surface area (Å²) in [5.74, 6) is -0.703. The van der Waals surface area contributed by atoms with E-state index in [0.717, 1.165) is 6.54 Å². The molecule has 4 nitrogen and oxygen atoms in total. The lowest BCUT2D eigenvalue weighted by Crippen LogP contribution is -2.40. The van der Waals surface area contributed by atoms with Crippen molar-refractivity contribution in [1.29, 1.82) is 0 Å². The molecule has 1 aromatic carbocycles. The topological polar surface area (TPSA) is 50.4 Å². The standard InChI is InChI=1S/C12H14BrFN2O2.ClH/c13-8-1-2-11(10(14)5-8)16-12(17)6-9-7-15-3-4-18-9;/h1-2,5,9,15H,3-4,6-7H2,(H,16,17);1H. The van der Waals surface area contributed by atoms with Gasteiger partial charge >= 0.3 is 0 Å². The number of halogens is 3. The molecule has 19 heavy (non-hydrogen) atoms. The number of carbonyl (C=O) groups excluding carboxylic acids is 1. The van der Waals surface area contributed by atoms with Gasteiger partial charge in [0.15, 0.2) is 0 Å². The van der Waals surface area contributed by atoms with Crippen LogP contribution in [0.1, 0.15) is 6.42 Å². The number of hydrogen-bond donors (Lipinski definition) is 2. The molecule has 2 rings (SSSR count). The zero-order valence-corrected chi connectivity index (χ0v) is 12.5. The van der Waals surface area contributed by atoms with Gasteiger partial charge in [-0.1, -0.05) is 15.9 Å². The summed E-state index contributed by atoms with van der Waals surface area (Å²) in [5.41, 5.74) is 0.187. The van der Waals surface area contributed by atoms with Gasteiger partial charge in [-0.05, 0) is 18.2 Å². The lowest BCUT2D eigenvalue weighted by Gasteiger charge is -2.23. The Kier molecular flexibility index (Phi) is 6.71. The van der Waals surface area contributed by atoms with E-state index in [0.29, 0.717) is 17.6 Å². The van der Waals surface area contributed by atoms with Gasteiger partial charge in [-0.15, -0.1) is 12.4 Å². The highest BCUT2D eigenvalue weighted by Gasteiger charge is 2.18. The highest BCUT2D eigenvalue weighted by molar-refractivity contribution is 9.10. The maximum absolute atomic E-state index is 13.5. The number of amides is 1. The smallest absolute Gasteiger partial charge is 0.227 e. The number of anilines is 1. The van der Waals surface area contributed by atoms with Crippen LogP contribution in [-0.4, -0.2) is 31.7 Å². The maximum atomic E-state index is 13.5. The second-order valence-corrected chi connectivity index (χ2v) is 4.99. The van der Waals surface area contributed by atoms with Gasteiger partial charge in [0.05, 0.1) is 24.8 Å². The number of rotatable bonds is 3. The first-order valence-electron chi connectivity index (χ1n) is 5.72.